The van der Waals surface area contributed by atoms with Crippen molar-refractivity contribution in [1.29, 1.82) is 0 Å². The number of likely N-dealkylation sites (tertiary alicyclic amines) is 1. The van der Waals surface area contributed by atoms with Gasteiger partial charge in [0, 0.05) is 36.7 Å². The molecule has 1 aromatic rings. The molecule has 1 atom stereocenters. The fourth-order valence-electron chi connectivity index (χ4n) is 4.80. The van der Waals surface area contributed by atoms with E-state index in [2.05, 4.69) is 34.0 Å². The van der Waals surface area contributed by atoms with Crippen LogP contribution in [0.2, 0.25) is 0 Å². The first-order valence-corrected chi connectivity index (χ1v) is 13.5. The molecule has 1 N–H and O–H groups in total. The van der Waals surface area contributed by atoms with E-state index in [-0.39, 0.29) is 40.9 Å². The van der Waals surface area contributed by atoms with Gasteiger partial charge in [0.05, 0.1) is 28.7 Å². The highest BCUT2D eigenvalue weighted by atomic mass is 79.9. The van der Waals surface area contributed by atoms with Crippen molar-refractivity contribution in [3.63, 3.8) is 0 Å². The second kappa shape index (κ2) is 11.4. The number of rotatable bonds is 8. The number of ketones is 1. The van der Waals surface area contributed by atoms with Gasteiger partial charge in [-0.3, -0.25) is 9.59 Å². The minimum Gasteiger partial charge on any atom is -0.507 e. The molecule has 1 heterocycles. The summed E-state index contributed by atoms with van der Waals surface area (Å²) < 4.78 is 4.36. The third kappa shape index (κ3) is 6.87. The molecule has 1 amide bonds. The monoisotopic (exact) mass is 549 g/mol. The van der Waals surface area contributed by atoms with Crippen LogP contribution in [-0.2, 0) is 15.6 Å². The Morgan fingerprint density at radius 1 is 1.11 bits per heavy atom. The Balaban J connectivity index is 2.36. The van der Waals surface area contributed by atoms with E-state index in [1.165, 1.54) is 0 Å². The highest BCUT2D eigenvalue weighted by molar-refractivity contribution is 9.08. The first kappa shape index (κ1) is 29.3. The van der Waals surface area contributed by atoms with E-state index in [9.17, 15) is 14.7 Å². The number of phenolic OH excluding ortho intramolecular Hbond substituents is 1. The molecule has 196 valence electrons. The summed E-state index contributed by atoms with van der Waals surface area (Å²) in [6.45, 7) is 19.7. The van der Waals surface area contributed by atoms with Gasteiger partial charge in [-0.25, -0.2) is 0 Å². The topological polar surface area (TPSA) is 73.2 Å². The zero-order valence-corrected chi connectivity index (χ0v) is 24.6. The lowest BCUT2D eigenvalue weighted by Crippen LogP contribution is -2.47. The van der Waals surface area contributed by atoms with Crippen LogP contribution in [0.15, 0.2) is 16.2 Å². The Morgan fingerprint density at radius 3 is 2.03 bits per heavy atom. The Hall–Kier alpha value is -1.89. The van der Waals surface area contributed by atoms with Crippen molar-refractivity contribution in [2.45, 2.75) is 98.4 Å². The summed E-state index contributed by atoms with van der Waals surface area (Å²) in [6, 6.07) is 3.52. The highest BCUT2D eigenvalue weighted by Crippen LogP contribution is 2.40. The average Bonchev–Trinajstić information content (AvgIpc) is 3.14. The molecule has 0 radical (unpaired) electrons. The molecule has 35 heavy (non-hydrogen) atoms. The molecule has 1 aliphatic rings. The maximum absolute atomic E-state index is 13.5. The number of hydrogen-bond donors (Lipinski definition) is 1. The molecule has 0 bridgehead atoms. The molecule has 2 rings (SSSR count). The van der Waals surface area contributed by atoms with E-state index >= 15 is 0 Å². The maximum atomic E-state index is 13.5. The maximum Gasteiger partial charge on any atom is 0.220 e. The fraction of sp³-hybridized carbons (Fsp3) is 0.679. The normalized spacial score (nSPS) is 18.0. The summed E-state index contributed by atoms with van der Waals surface area (Å²) in [5.41, 5.74) is 1.53. The summed E-state index contributed by atoms with van der Waals surface area (Å²) >= 11 is 3.27. The van der Waals surface area contributed by atoms with E-state index in [1.54, 1.807) is 6.92 Å². The number of aromatic hydroxyl groups is 1. The Morgan fingerprint density at radius 2 is 1.63 bits per heavy atom. The van der Waals surface area contributed by atoms with Gasteiger partial charge in [0.25, 0.3) is 0 Å². The molecular weight excluding hydrogens is 506 g/mol. The molecule has 1 aliphatic heterocycles. The number of hydrogen-bond acceptors (Lipinski definition) is 4. The fourth-order valence-corrected chi connectivity index (χ4v) is 5.26. The zero-order valence-electron chi connectivity index (χ0n) is 23.0. The number of amidine groups is 1. The van der Waals surface area contributed by atoms with E-state index < -0.39 is 0 Å². The Kier molecular flexibility index (Phi) is 9.59. The summed E-state index contributed by atoms with van der Waals surface area (Å²) in [4.78, 5) is 30.0. The van der Waals surface area contributed by atoms with Gasteiger partial charge in [-0.15, -0.1) is 0 Å². The molecular formula is C28H44BrN3O3. The number of halogens is 1. The molecule has 6 nitrogen and oxygen atoms in total. The third-order valence-electron chi connectivity index (χ3n) is 7.15. The SMILES string of the molecule is CCC(CC)CN(C(C)=O)C1CCN(CC(=O)c2cc(C(C)(C)C)c(O)c(C(C)(C)C)c2)/C1=N\Br. The third-order valence-corrected chi connectivity index (χ3v) is 7.52. The van der Waals surface area contributed by atoms with Gasteiger partial charge in [-0.1, -0.05) is 68.2 Å². The summed E-state index contributed by atoms with van der Waals surface area (Å²) in [7, 11) is 0. The van der Waals surface area contributed by atoms with Gasteiger partial charge in [0.1, 0.15) is 11.6 Å². The molecule has 0 saturated carbocycles. The number of carbonyl (C=O) groups is 2. The summed E-state index contributed by atoms with van der Waals surface area (Å²) in [5, 5.41) is 11.0. The predicted molar refractivity (Wildman–Crippen MR) is 148 cm³/mol. The number of nitrogens with zero attached hydrogens (tertiary/aromatic N) is 3. The van der Waals surface area contributed by atoms with E-state index in [0.717, 1.165) is 36.2 Å². The molecule has 1 aromatic carbocycles. The average molecular weight is 551 g/mol. The van der Waals surface area contributed by atoms with Crippen molar-refractivity contribution < 1.29 is 14.7 Å². The molecule has 7 heteroatoms. The largest absolute Gasteiger partial charge is 0.507 e. The number of phenols is 1. The lowest BCUT2D eigenvalue weighted by molar-refractivity contribution is -0.130. The first-order chi connectivity index (χ1) is 16.1. The number of amides is 1. The van der Waals surface area contributed by atoms with Crippen molar-refractivity contribution in [2.24, 2.45) is 9.94 Å². The second-order valence-electron chi connectivity index (χ2n) is 11.9. The van der Waals surface area contributed by atoms with E-state index in [1.807, 2.05) is 63.5 Å². The molecule has 1 saturated heterocycles. The molecule has 0 spiro atoms. The highest BCUT2D eigenvalue weighted by Gasteiger charge is 2.37. The second-order valence-corrected chi connectivity index (χ2v) is 12.2. The van der Waals surface area contributed by atoms with Crippen molar-refractivity contribution in [3.8, 4) is 5.75 Å². The smallest absolute Gasteiger partial charge is 0.220 e. The van der Waals surface area contributed by atoms with Gasteiger partial charge in [0.2, 0.25) is 5.91 Å². The van der Waals surface area contributed by atoms with E-state index in [0.29, 0.717) is 24.6 Å². The van der Waals surface area contributed by atoms with Crippen LogP contribution in [0, 0.1) is 5.92 Å². The van der Waals surface area contributed by atoms with Crippen LogP contribution in [0.4, 0.5) is 0 Å². The first-order valence-electron chi connectivity index (χ1n) is 12.8. The Labute approximate surface area is 220 Å². The van der Waals surface area contributed by atoms with Crippen LogP contribution in [0.1, 0.15) is 103 Å². The molecule has 1 unspecified atom stereocenters. The minimum absolute atomic E-state index is 0.0235. The lowest BCUT2D eigenvalue weighted by atomic mass is 9.78. The molecule has 1 fully saturated rings. The number of carbonyl (C=O) groups excluding carboxylic acids is 2. The predicted octanol–water partition coefficient (Wildman–Crippen LogP) is 6.24. The van der Waals surface area contributed by atoms with Crippen LogP contribution in [0.5, 0.6) is 5.75 Å². The van der Waals surface area contributed by atoms with Crippen LogP contribution in [0.3, 0.4) is 0 Å². The van der Waals surface area contributed by atoms with Gasteiger partial charge in [0.15, 0.2) is 5.78 Å². The van der Waals surface area contributed by atoms with Crippen LogP contribution >= 0.6 is 16.1 Å². The van der Waals surface area contributed by atoms with Crippen molar-refractivity contribution in [1.82, 2.24) is 9.80 Å². The summed E-state index contributed by atoms with van der Waals surface area (Å²) in [5.74, 6) is 1.45. The standard InChI is InChI=1S/C28H44BrN3O3/c1-10-19(11-2)16-32(18(3)33)23-12-13-31(26(23)30-29)17-24(34)20-14-21(27(4,5)6)25(35)22(15-20)28(7,8)9/h14-15,19,23,35H,10-13,16-17H2,1-9H3/b30-26-. The van der Waals surface area contributed by atoms with Gasteiger partial charge in [-0.05, 0) is 35.3 Å². The summed E-state index contributed by atoms with van der Waals surface area (Å²) in [6.07, 6.45) is 2.78. The van der Waals surface area contributed by atoms with E-state index in [4.69, 9.17) is 0 Å². The van der Waals surface area contributed by atoms with Gasteiger partial charge >= 0.3 is 0 Å². The Bertz CT molecular complexity index is 920. The molecule has 0 aromatic heterocycles. The van der Waals surface area contributed by atoms with Crippen LogP contribution < -0.4 is 0 Å². The van der Waals surface area contributed by atoms with Gasteiger partial charge in [-0.2, -0.15) is 4.02 Å². The number of benzene rings is 1. The van der Waals surface area contributed by atoms with Crippen LogP contribution in [0.25, 0.3) is 0 Å². The molecule has 0 aliphatic carbocycles. The van der Waals surface area contributed by atoms with Crippen molar-refractivity contribution in [3.05, 3.63) is 28.8 Å². The number of Topliss-reactive ketones (excluding diaryl/α,β-unsaturated/α-hetero) is 1. The zero-order chi connectivity index (χ0) is 26.7. The van der Waals surface area contributed by atoms with Crippen molar-refractivity contribution in [2.75, 3.05) is 19.6 Å². The minimum atomic E-state index is -0.307. The van der Waals surface area contributed by atoms with Crippen LogP contribution in [-0.4, -0.2) is 58.1 Å². The quantitative estimate of drug-likeness (QED) is 0.389. The lowest BCUT2D eigenvalue weighted by Gasteiger charge is -2.32. The van der Waals surface area contributed by atoms with Gasteiger partial charge < -0.3 is 14.9 Å². The van der Waals surface area contributed by atoms with Crippen molar-refractivity contribution >= 4 is 33.7 Å².